The Bertz CT molecular complexity index is 1830. The van der Waals surface area contributed by atoms with Crippen molar-refractivity contribution in [3.8, 4) is 34.7 Å². The van der Waals surface area contributed by atoms with E-state index in [4.69, 9.17) is 15.5 Å². The summed E-state index contributed by atoms with van der Waals surface area (Å²) < 4.78 is 25.9. The number of aliphatic carboxylic acids is 2. The van der Waals surface area contributed by atoms with Crippen LogP contribution in [0.1, 0.15) is 48.8 Å². The van der Waals surface area contributed by atoms with E-state index in [1.54, 1.807) is 6.92 Å². The zero-order chi connectivity index (χ0) is 34.5. The van der Waals surface area contributed by atoms with E-state index in [1.165, 1.54) is 48.5 Å². The van der Waals surface area contributed by atoms with Crippen molar-refractivity contribution in [2.24, 2.45) is 5.92 Å². The van der Waals surface area contributed by atoms with Crippen LogP contribution in [0.15, 0.2) is 48.5 Å². The number of carbonyl (C=O) groups excluding carboxylic acids is 2. The maximum absolute atomic E-state index is 13.0. The predicted octanol–water partition coefficient (Wildman–Crippen LogP) is 6.27. The Hall–Kier alpha value is -5.58. The lowest BCUT2D eigenvalue weighted by Gasteiger charge is -2.07. The Morgan fingerprint density at radius 2 is 1.19 bits per heavy atom. The topological polar surface area (TPSA) is 206 Å². The first-order valence-electron chi connectivity index (χ1n) is 13.8. The number of benzene rings is 2. The Morgan fingerprint density at radius 1 is 0.745 bits per heavy atom. The lowest BCUT2D eigenvalue weighted by molar-refractivity contribution is -0.138. The van der Waals surface area contributed by atoms with E-state index in [0.29, 0.717) is 32.3 Å². The number of aromatic nitrogens is 2. The number of nitrogens with one attached hydrogen (secondary N) is 2. The average Bonchev–Trinajstić information content (AvgIpc) is 3.61. The highest BCUT2D eigenvalue weighted by molar-refractivity contribution is 7.17. The average molecular weight is 681 g/mol. The van der Waals surface area contributed by atoms with Gasteiger partial charge in [0.1, 0.15) is 44.9 Å². The van der Waals surface area contributed by atoms with Crippen LogP contribution in [0.3, 0.4) is 0 Å². The largest absolute Gasteiger partial charge is 0.481 e. The minimum Gasteiger partial charge on any atom is -0.481 e. The fraction of sp³-hybridized carbons (Fsp3) is 0.226. The van der Waals surface area contributed by atoms with Gasteiger partial charge >= 0.3 is 11.9 Å². The highest BCUT2D eigenvalue weighted by Crippen LogP contribution is 2.32. The van der Waals surface area contributed by atoms with Gasteiger partial charge in [-0.15, -0.1) is 0 Å². The molecule has 47 heavy (non-hydrogen) atoms. The van der Waals surface area contributed by atoms with Gasteiger partial charge in [-0.05, 0) is 60.9 Å². The zero-order valence-corrected chi connectivity index (χ0v) is 26.3. The number of amides is 2. The molecule has 0 aliphatic rings. The van der Waals surface area contributed by atoms with Crippen molar-refractivity contribution in [3.05, 3.63) is 69.9 Å². The number of anilines is 2. The standard InChI is InChI=1S/C16H14FN3O3S.C15H12FN3O3S/c1-9(7-14(22)23)6-13(21)19-16-20-15(12(8-18)24-16)10-2-4-11(17)5-3-10;16-10-6-4-9(5-7-10)14-11(8-17)23-15(19-14)18-12(20)2-1-3-13(21)22/h2-5,9H,6-7H2,1H3,(H,22,23)(H,19,20,21);4-7H,1-3H2,(H,21,22)(H,18,19,20). The molecule has 0 fully saturated rings. The minimum absolute atomic E-state index is 0.0413. The van der Waals surface area contributed by atoms with Gasteiger partial charge in [-0.25, -0.2) is 18.7 Å². The van der Waals surface area contributed by atoms with E-state index in [0.717, 1.165) is 22.7 Å². The second kappa shape index (κ2) is 17.2. The summed E-state index contributed by atoms with van der Waals surface area (Å²) in [6.07, 6.45) is 0.132. The van der Waals surface area contributed by atoms with E-state index < -0.39 is 23.6 Å². The third-order valence-corrected chi connectivity index (χ3v) is 7.79. The third-order valence-electron chi connectivity index (χ3n) is 6.04. The molecule has 0 aliphatic heterocycles. The molecular formula is C31H26F2N6O6S2. The molecule has 1 atom stereocenters. The summed E-state index contributed by atoms with van der Waals surface area (Å²) in [4.78, 5) is 53.7. The number of halogens is 2. The van der Waals surface area contributed by atoms with Crippen LogP contribution >= 0.6 is 22.7 Å². The van der Waals surface area contributed by atoms with Crippen molar-refractivity contribution in [1.82, 2.24) is 9.97 Å². The molecule has 16 heteroatoms. The minimum atomic E-state index is -0.963. The van der Waals surface area contributed by atoms with Crippen LogP contribution in [0.25, 0.3) is 22.5 Å². The summed E-state index contributed by atoms with van der Waals surface area (Å²) in [6.45, 7) is 1.67. The monoisotopic (exact) mass is 680 g/mol. The maximum atomic E-state index is 13.0. The molecule has 0 saturated heterocycles. The van der Waals surface area contributed by atoms with Gasteiger partial charge < -0.3 is 20.8 Å². The predicted molar refractivity (Wildman–Crippen MR) is 169 cm³/mol. The molecule has 2 aromatic heterocycles. The molecule has 2 amide bonds. The van der Waals surface area contributed by atoms with Crippen molar-refractivity contribution in [1.29, 1.82) is 10.5 Å². The van der Waals surface area contributed by atoms with Crippen LogP contribution in [0, 0.1) is 40.2 Å². The number of nitriles is 2. The van der Waals surface area contributed by atoms with Crippen LogP contribution in [0.5, 0.6) is 0 Å². The van der Waals surface area contributed by atoms with Crippen LogP contribution in [0.4, 0.5) is 19.0 Å². The Kier molecular flexibility index (Phi) is 13.1. The smallest absolute Gasteiger partial charge is 0.303 e. The van der Waals surface area contributed by atoms with Gasteiger partial charge in [0.05, 0.1) is 0 Å². The summed E-state index contributed by atoms with van der Waals surface area (Å²) >= 11 is 2.03. The van der Waals surface area contributed by atoms with Gasteiger partial charge in [-0.2, -0.15) is 10.5 Å². The lowest BCUT2D eigenvalue weighted by atomic mass is 10.0. The number of rotatable bonds is 12. The fourth-order valence-corrected chi connectivity index (χ4v) is 5.55. The fourth-order valence-electron chi connectivity index (χ4n) is 3.94. The molecular weight excluding hydrogens is 655 g/mol. The molecule has 1 unspecified atom stereocenters. The maximum Gasteiger partial charge on any atom is 0.303 e. The summed E-state index contributed by atoms with van der Waals surface area (Å²) in [5.74, 6) is -3.76. The number of carboxylic acids is 2. The van der Waals surface area contributed by atoms with Crippen LogP contribution in [-0.4, -0.2) is 43.9 Å². The molecule has 0 radical (unpaired) electrons. The summed E-state index contributed by atoms with van der Waals surface area (Å²) in [6, 6.07) is 15.1. The molecule has 0 bridgehead atoms. The van der Waals surface area contributed by atoms with Crippen LogP contribution < -0.4 is 10.6 Å². The van der Waals surface area contributed by atoms with Crippen LogP contribution in [-0.2, 0) is 19.2 Å². The SMILES string of the molecule is CC(CC(=O)O)CC(=O)Nc1nc(-c2ccc(F)cc2)c(C#N)s1.N#Cc1sc(NC(=O)CCCC(=O)O)nc1-c1ccc(F)cc1. The second-order valence-electron chi connectivity index (χ2n) is 9.88. The molecule has 4 N–H and O–H groups in total. The Labute approximate surface area is 275 Å². The molecule has 12 nitrogen and oxygen atoms in total. The summed E-state index contributed by atoms with van der Waals surface area (Å²) in [7, 11) is 0. The van der Waals surface area contributed by atoms with Crippen molar-refractivity contribution in [3.63, 3.8) is 0 Å². The summed E-state index contributed by atoms with van der Waals surface area (Å²) in [5, 5.41) is 41.2. The first-order valence-corrected chi connectivity index (χ1v) is 15.4. The number of hydrogen-bond donors (Lipinski definition) is 4. The van der Waals surface area contributed by atoms with Gasteiger partial charge in [0.2, 0.25) is 11.8 Å². The van der Waals surface area contributed by atoms with Gasteiger partial charge in [0.15, 0.2) is 10.3 Å². The van der Waals surface area contributed by atoms with Gasteiger partial charge in [0.25, 0.3) is 0 Å². The van der Waals surface area contributed by atoms with Crippen molar-refractivity contribution in [2.75, 3.05) is 10.6 Å². The van der Waals surface area contributed by atoms with E-state index in [1.807, 2.05) is 12.1 Å². The quantitative estimate of drug-likeness (QED) is 0.132. The number of nitrogens with zero attached hydrogens (tertiary/aromatic N) is 4. The molecule has 0 saturated carbocycles. The third kappa shape index (κ3) is 11.4. The highest BCUT2D eigenvalue weighted by atomic mass is 32.1. The lowest BCUT2D eigenvalue weighted by Crippen LogP contribution is -2.16. The highest BCUT2D eigenvalue weighted by Gasteiger charge is 2.18. The van der Waals surface area contributed by atoms with Crippen molar-refractivity contribution in [2.45, 2.75) is 39.0 Å². The summed E-state index contributed by atoms with van der Waals surface area (Å²) in [5.41, 5.74) is 1.89. The van der Waals surface area contributed by atoms with E-state index in [2.05, 4.69) is 20.6 Å². The number of thiazole rings is 2. The molecule has 242 valence electrons. The Morgan fingerprint density at radius 3 is 1.60 bits per heavy atom. The molecule has 4 aromatic rings. The molecule has 0 spiro atoms. The number of carboxylic acid groups (broad SMARTS) is 2. The number of hydrogen-bond acceptors (Lipinski definition) is 10. The normalized spacial score (nSPS) is 10.8. The Balaban J connectivity index is 0.000000256. The van der Waals surface area contributed by atoms with E-state index >= 15 is 0 Å². The van der Waals surface area contributed by atoms with Gasteiger partial charge in [-0.1, -0.05) is 29.6 Å². The first kappa shape index (κ1) is 35.9. The second-order valence-corrected chi connectivity index (χ2v) is 11.9. The van der Waals surface area contributed by atoms with E-state index in [9.17, 15) is 33.2 Å². The van der Waals surface area contributed by atoms with Crippen LogP contribution in [0.2, 0.25) is 0 Å². The van der Waals surface area contributed by atoms with Crippen molar-refractivity contribution >= 4 is 56.7 Å². The van der Waals surface area contributed by atoms with E-state index in [-0.39, 0.29) is 60.1 Å². The molecule has 2 aromatic carbocycles. The van der Waals surface area contributed by atoms with Gasteiger partial charge in [0, 0.05) is 36.8 Å². The number of carbonyl (C=O) groups is 4. The zero-order valence-electron chi connectivity index (χ0n) is 24.6. The molecule has 4 rings (SSSR count). The van der Waals surface area contributed by atoms with Crippen molar-refractivity contribution < 1.29 is 38.2 Å². The molecule has 2 heterocycles. The first-order chi connectivity index (χ1) is 22.4. The van der Waals surface area contributed by atoms with Gasteiger partial charge in [-0.3, -0.25) is 19.2 Å². The molecule has 0 aliphatic carbocycles.